The van der Waals surface area contributed by atoms with Gasteiger partial charge < -0.3 is 14.5 Å². The number of fused-ring (bicyclic) bond motifs is 1. The van der Waals surface area contributed by atoms with E-state index in [1.807, 2.05) is 30.3 Å². The molecule has 8 nitrogen and oxygen atoms in total. The molecule has 1 aliphatic rings. The third-order valence-corrected chi connectivity index (χ3v) is 5.70. The molecule has 0 fully saturated rings. The van der Waals surface area contributed by atoms with Crippen LogP contribution in [0.5, 0.6) is 5.75 Å². The second kappa shape index (κ2) is 9.71. The fourth-order valence-corrected chi connectivity index (χ4v) is 3.87. The Morgan fingerprint density at radius 3 is 2.39 bits per heavy atom. The molecule has 0 aliphatic carbocycles. The first kappa shape index (κ1) is 22.8. The molecule has 0 saturated carbocycles. The van der Waals surface area contributed by atoms with Crippen LogP contribution in [-0.2, 0) is 13.1 Å². The largest absolute Gasteiger partial charge is 0.467 e. The minimum Gasteiger partial charge on any atom is -0.467 e. The highest BCUT2D eigenvalue weighted by atomic mass is 16.5. The van der Waals surface area contributed by atoms with Crippen LogP contribution in [0.15, 0.2) is 95.6 Å². The molecule has 36 heavy (non-hydrogen) atoms. The second-order valence-corrected chi connectivity index (χ2v) is 8.12. The summed E-state index contributed by atoms with van der Waals surface area (Å²) in [5.74, 6) is -1.36. The zero-order valence-electron chi connectivity index (χ0n) is 19.0. The Morgan fingerprint density at radius 1 is 0.806 bits per heavy atom. The van der Waals surface area contributed by atoms with Crippen molar-refractivity contribution in [2.75, 3.05) is 0 Å². The van der Waals surface area contributed by atoms with E-state index in [4.69, 9.17) is 9.15 Å². The van der Waals surface area contributed by atoms with Crippen LogP contribution in [-0.4, -0.2) is 28.6 Å². The van der Waals surface area contributed by atoms with Gasteiger partial charge in [-0.2, -0.15) is 0 Å². The van der Waals surface area contributed by atoms with Crippen molar-refractivity contribution in [3.05, 3.63) is 125 Å². The van der Waals surface area contributed by atoms with Crippen LogP contribution in [0.2, 0.25) is 0 Å². The minimum atomic E-state index is -0.718. The predicted octanol–water partition coefficient (Wildman–Crippen LogP) is 4.23. The van der Waals surface area contributed by atoms with Gasteiger partial charge in [0.25, 0.3) is 17.7 Å². The van der Waals surface area contributed by atoms with Crippen molar-refractivity contribution in [2.45, 2.75) is 13.1 Å². The molecular weight excluding hydrogens is 460 g/mol. The number of carbonyl (C=O) groups is 4. The normalized spacial score (nSPS) is 12.4. The Morgan fingerprint density at radius 2 is 1.61 bits per heavy atom. The quantitative estimate of drug-likeness (QED) is 0.241. The first-order valence-electron chi connectivity index (χ1n) is 11.2. The van der Waals surface area contributed by atoms with E-state index in [9.17, 15) is 19.2 Å². The fourth-order valence-electron chi connectivity index (χ4n) is 3.87. The number of hydrogen-bond acceptors (Lipinski definition) is 6. The van der Waals surface area contributed by atoms with Crippen molar-refractivity contribution in [3.63, 3.8) is 0 Å². The second-order valence-electron chi connectivity index (χ2n) is 8.12. The molecule has 0 spiro atoms. The van der Waals surface area contributed by atoms with Gasteiger partial charge in [-0.25, -0.2) is 4.79 Å². The van der Waals surface area contributed by atoms with E-state index in [0.717, 1.165) is 10.5 Å². The molecule has 3 aromatic carbocycles. The Kier molecular flexibility index (Phi) is 6.15. The number of imide groups is 1. The third kappa shape index (κ3) is 4.65. The van der Waals surface area contributed by atoms with Gasteiger partial charge in [0.1, 0.15) is 11.5 Å². The van der Waals surface area contributed by atoms with Crippen molar-refractivity contribution >= 4 is 23.7 Å². The van der Waals surface area contributed by atoms with E-state index in [2.05, 4.69) is 5.32 Å². The number of amides is 3. The Balaban J connectivity index is 1.27. The molecule has 2 heterocycles. The Hall–Kier alpha value is -4.98. The Bertz CT molecular complexity index is 1460. The molecule has 0 bridgehead atoms. The average Bonchev–Trinajstić information content (AvgIpc) is 3.50. The molecule has 8 heteroatoms. The first-order valence-corrected chi connectivity index (χ1v) is 11.2. The van der Waals surface area contributed by atoms with Crippen molar-refractivity contribution in [1.82, 2.24) is 10.2 Å². The molecule has 0 saturated heterocycles. The van der Waals surface area contributed by atoms with Crippen LogP contribution in [0, 0.1) is 0 Å². The van der Waals surface area contributed by atoms with E-state index in [1.54, 1.807) is 30.3 Å². The van der Waals surface area contributed by atoms with Gasteiger partial charge in [0.15, 0.2) is 0 Å². The lowest BCUT2D eigenvalue weighted by Crippen LogP contribution is -2.28. The number of hydrogen-bond donors (Lipinski definition) is 1. The zero-order valence-corrected chi connectivity index (χ0v) is 19.0. The molecule has 4 aromatic rings. The molecule has 1 aromatic heterocycles. The summed E-state index contributed by atoms with van der Waals surface area (Å²) in [6.07, 6.45) is 1.46. The summed E-state index contributed by atoms with van der Waals surface area (Å²) in [6, 6.07) is 23.3. The lowest BCUT2D eigenvalue weighted by atomic mass is 10.1. The number of nitrogens with one attached hydrogen (secondary N) is 1. The van der Waals surface area contributed by atoms with Gasteiger partial charge in [-0.1, -0.05) is 36.4 Å². The van der Waals surface area contributed by atoms with Crippen LogP contribution in [0.25, 0.3) is 0 Å². The van der Waals surface area contributed by atoms with Crippen LogP contribution in [0.1, 0.15) is 52.8 Å². The number of rotatable bonds is 7. The molecule has 0 radical (unpaired) electrons. The number of benzene rings is 3. The molecule has 0 unspecified atom stereocenters. The maximum atomic E-state index is 12.8. The maximum Gasteiger partial charge on any atom is 0.343 e. The lowest BCUT2D eigenvalue weighted by Gasteiger charge is -2.11. The summed E-state index contributed by atoms with van der Waals surface area (Å²) in [7, 11) is 0. The average molecular weight is 480 g/mol. The van der Waals surface area contributed by atoms with Gasteiger partial charge in [0.05, 0.1) is 29.5 Å². The predicted molar refractivity (Wildman–Crippen MR) is 128 cm³/mol. The summed E-state index contributed by atoms with van der Waals surface area (Å²) in [6.45, 7) is 0.362. The van der Waals surface area contributed by atoms with Gasteiger partial charge >= 0.3 is 5.97 Å². The topological polar surface area (TPSA) is 106 Å². The summed E-state index contributed by atoms with van der Waals surface area (Å²) >= 11 is 0. The van der Waals surface area contributed by atoms with Gasteiger partial charge in [-0.3, -0.25) is 19.3 Å². The fraction of sp³-hybridized carbons (Fsp3) is 0.0714. The van der Waals surface area contributed by atoms with Crippen LogP contribution in [0.4, 0.5) is 0 Å². The molecule has 5 rings (SSSR count). The molecular formula is C28H20N2O6. The summed E-state index contributed by atoms with van der Waals surface area (Å²) in [5.41, 5.74) is 1.73. The standard InChI is InChI=1S/C28H20N2O6/c31-25(29-16-18-6-2-1-3-7-18)19-8-4-9-21(14-19)36-28(34)20-11-12-23-24(15-20)27(33)30(26(23)32)17-22-10-5-13-35-22/h1-15H,16-17H2,(H,29,31). The molecule has 1 N–H and O–H groups in total. The summed E-state index contributed by atoms with van der Waals surface area (Å²) in [5, 5.41) is 2.82. The first-order chi connectivity index (χ1) is 17.5. The smallest absolute Gasteiger partial charge is 0.343 e. The SMILES string of the molecule is O=C(NCc1ccccc1)c1cccc(OC(=O)c2ccc3c(c2)C(=O)N(Cc2ccco2)C3=O)c1. The van der Waals surface area contributed by atoms with Crippen molar-refractivity contribution in [1.29, 1.82) is 0 Å². The number of carbonyl (C=O) groups excluding carboxylic acids is 4. The van der Waals surface area contributed by atoms with Crippen LogP contribution >= 0.6 is 0 Å². The van der Waals surface area contributed by atoms with E-state index >= 15 is 0 Å². The monoisotopic (exact) mass is 480 g/mol. The van der Waals surface area contributed by atoms with Gasteiger partial charge in [-0.05, 0) is 54.1 Å². The van der Waals surface area contributed by atoms with Gasteiger partial charge in [0, 0.05) is 12.1 Å². The number of ether oxygens (including phenoxy) is 1. The van der Waals surface area contributed by atoms with E-state index < -0.39 is 17.8 Å². The number of nitrogens with zero attached hydrogens (tertiary/aromatic N) is 1. The lowest BCUT2D eigenvalue weighted by molar-refractivity contribution is 0.0630. The molecule has 178 valence electrons. The van der Waals surface area contributed by atoms with Gasteiger partial charge in [0.2, 0.25) is 0 Å². The highest BCUT2D eigenvalue weighted by Gasteiger charge is 2.36. The highest BCUT2D eigenvalue weighted by molar-refractivity contribution is 6.21. The van der Waals surface area contributed by atoms with E-state index in [-0.39, 0.29) is 34.9 Å². The maximum absolute atomic E-state index is 12.8. The third-order valence-electron chi connectivity index (χ3n) is 5.70. The van der Waals surface area contributed by atoms with Crippen LogP contribution < -0.4 is 10.1 Å². The minimum absolute atomic E-state index is 0.00173. The van der Waals surface area contributed by atoms with Crippen LogP contribution in [0.3, 0.4) is 0 Å². The van der Waals surface area contributed by atoms with Crippen molar-refractivity contribution < 1.29 is 28.3 Å². The van der Waals surface area contributed by atoms with E-state index in [1.165, 1.54) is 30.5 Å². The number of esters is 1. The summed E-state index contributed by atoms with van der Waals surface area (Å²) in [4.78, 5) is 51.9. The molecule has 0 atom stereocenters. The van der Waals surface area contributed by atoms with Crippen molar-refractivity contribution in [2.24, 2.45) is 0 Å². The zero-order chi connectivity index (χ0) is 25.1. The highest BCUT2D eigenvalue weighted by Crippen LogP contribution is 2.26. The molecule has 3 amide bonds. The molecule has 1 aliphatic heterocycles. The van der Waals surface area contributed by atoms with E-state index in [0.29, 0.717) is 17.9 Å². The van der Waals surface area contributed by atoms with Gasteiger partial charge in [-0.15, -0.1) is 0 Å². The Labute approximate surface area is 206 Å². The summed E-state index contributed by atoms with van der Waals surface area (Å²) < 4.78 is 10.7. The number of furan rings is 1. The van der Waals surface area contributed by atoms with Crippen molar-refractivity contribution in [3.8, 4) is 5.75 Å².